The van der Waals surface area contributed by atoms with E-state index in [4.69, 9.17) is 10.5 Å². The van der Waals surface area contributed by atoms with Gasteiger partial charge in [0, 0.05) is 6.54 Å². The summed E-state index contributed by atoms with van der Waals surface area (Å²) in [7, 11) is 0. The third-order valence-corrected chi connectivity index (χ3v) is 3.70. The standard InChI is InChI=1S/C15H21FN2O3/c16-11-3-5-13(6-4-11)21-10-12(19)9-18-14(20)15(17)7-1-2-8-15/h3-6,12,19H,1-2,7-10,17H2,(H,18,20). The summed E-state index contributed by atoms with van der Waals surface area (Å²) < 4.78 is 18.0. The quantitative estimate of drug-likeness (QED) is 0.730. The maximum absolute atomic E-state index is 12.7. The van der Waals surface area contributed by atoms with E-state index in [9.17, 15) is 14.3 Å². The molecule has 1 unspecified atom stereocenters. The van der Waals surface area contributed by atoms with Gasteiger partial charge in [-0.15, -0.1) is 0 Å². The van der Waals surface area contributed by atoms with Crippen LogP contribution in [0.3, 0.4) is 0 Å². The second-order valence-corrected chi connectivity index (χ2v) is 5.49. The van der Waals surface area contributed by atoms with Crippen molar-refractivity contribution in [2.24, 2.45) is 5.73 Å². The molecule has 1 amide bonds. The van der Waals surface area contributed by atoms with Crippen LogP contribution in [-0.2, 0) is 4.79 Å². The van der Waals surface area contributed by atoms with Gasteiger partial charge in [0.1, 0.15) is 24.3 Å². The highest BCUT2D eigenvalue weighted by molar-refractivity contribution is 5.86. The van der Waals surface area contributed by atoms with E-state index in [1.165, 1.54) is 24.3 Å². The van der Waals surface area contributed by atoms with Crippen molar-refractivity contribution >= 4 is 5.91 Å². The molecular weight excluding hydrogens is 275 g/mol. The lowest BCUT2D eigenvalue weighted by atomic mass is 9.98. The SMILES string of the molecule is NC1(C(=O)NCC(O)COc2ccc(F)cc2)CCCC1. The predicted molar refractivity (Wildman–Crippen MR) is 76.3 cm³/mol. The first-order valence-corrected chi connectivity index (χ1v) is 7.13. The van der Waals surface area contributed by atoms with Gasteiger partial charge < -0.3 is 20.9 Å². The van der Waals surface area contributed by atoms with Crippen LogP contribution in [0, 0.1) is 5.82 Å². The van der Waals surface area contributed by atoms with Crippen molar-refractivity contribution in [2.75, 3.05) is 13.2 Å². The monoisotopic (exact) mass is 296 g/mol. The predicted octanol–water partition coefficient (Wildman–Crippen LogP) is 0.953. The molecule has 1 aliphatic carbocycles. The zero-order valence-electron chi connectivity index (χ0n) is 11.8. The number of nitrogens with two attached hydrogens (primary N) is 1. The molecule has 0 aromatic heterocycles. The molecule has 0 spiro atoms. The molecular formula is C15H21FN2O3. The minimum atomic E-state index is -0.844. The molecule has 21 heavy (non-hydrogen) atoms. The molecule has 116 valence electrons. The van der Waals surface area contributed by atoms with Crippen LogP contribution in [0.1, 0.15) is 25.7 Å². The number of halogens is 1. The molecule has 0 bridgehead atoms. The molecule has 4 N–H and O–H groups in total. The molecule has 1 fully saturated rings. The summed E-state index contributed by atoms with van der Waals surface area (Å²) in [6.07, 6.45) is 2.44. The minimum absolute atomic E-state index is 0.0173. The molecule has 1 atom stereocenters. The fraction of sp³-hybridized carbons (Fsp3) is 0.533. The van der Waals surface area contributed by atoms with Gasteiger partial charge in [0.15, 0.2) is 0 Å². The van der Waals surface area contributed by atoms with Gasteiger partial charge in [-0.3, -0.25) is 4.79 Å². The van der Waals surface area contributed by atoms with Crippen molar-refractivity contribution < 1.29 is 19.0 Å². The third-order valence-electron chi connectivity index (χ3n) is 3.70. The van der Waals surface area contributed by atoms with Crippen LogP contribution in [0.5, 0.6) is 5.75 Å². The van der Waals surface area contributed by atoms with Gasteiger partial charge in [-0.25, -0.2) is 4.39 Å². The molecule has 1 aromatic rings. The first-order valence-electron chi connectivity index (χ1n) is 7.13. The van der Waals surface area contributed by atoms with E-state index < -0.39 is 11.6 Å². The van der Waals surface area contributed by atoms with Crippen LogP contribution < -0.4 is 15.8 Å². The Hall–Kier alpha value is -1.66. The summed E-state index contributed by atoms with van der Waals surface area (Å²) in [5.41, 5.74) is 5.21. The van der Waals surface area contributed by atoms with Crippen molar-refractivity contribution in [2.45, 2.75) is 37.3 Å². The fourth-order valence-electron chi connectivity index (χ4n) is 2.40. The maximum Gasteiger partial charge on any atom is 0.240 e. The van der Waals surface area contributed by atoms with Gasteiger partial charge in [0.05, 0.1) is 5.54 Å². The lowest BCUT2D eigenvalue weighted by molar-refractivity contribution is -0.126. The number of amides is 1. The van der Waals surface area contributed by atoms with Crippen LogP contribution in [0.4, 0.5) is 4.39 Å². The van der Waals surface area contributed by atoms with Crippen LogP contribution in [0.15, 0.2) is 24.3 Å². The summed E-state index contributed by atoms with van der Waals surface area (Å²) in [6.45, 7) is 0.0997. The molecule has 6 heteroatoms. The molecule has 1 saturated carbocycles. The van der Waals surface area contributed by atoms with E-state index in [2.05, 4.69) is 5.32 Å². The Bertz CT molecular complexity index is 472. The molecule has 0 saturated heterocycles. The Kier molecular flexibility index (Phi) is 5.14. The average Bonchev–Trinajstić information content (AvgIpc) is 2.92. The number of aliphatic hydroxyl groups is 1. The molecule has 0 heterocycles. The first kappa shape index (κ1) is 15.7. The summed E-state index contributed by atoms with van der Waals surface area (Å²) in [5, 5.41) is 12.4. The molecule has 1 aromatic carbocycles. The highest BCUT2D eigenvalue weighted by atomic mass is 19.1. The van der Waals surface area contributed by atoms with Gasteiger partial charge in [0.25, 0.3) is 0 Å². The van der Waals surface area contributed by atoms with E-state index in [1.807, 2.05) is 0 Å². The average molecular weight is 296 g/mol. The van der Waals surface area contributed by atoms with Gasteiger partial charge in [-0.1, -0.05) is 12.8 Å². The van der Waals surface area contributed by atoms with Gasteiger partial charge in [-0.05, 0) is 37.1 Å². The van der Waals surface area contributed by atoms with Crippen molar-refractivity contribution in [3.05, 3.63) is 30.1 Å². The lowest BCUT2D eigenvalue weighted by Crippen LogP contribution is -2.53. The molecule has 5 nitrogen and oxygen atoms in total. The van der Waals surface area contributed by atoms with Crippen molar-refractivity contribution in [1.82, 2.24) is 5.32 Å². The minimum Gasteiger partial charge on any atom is -0.491 e. The summed E-state index contributed by atoms with van der Waals surface area (Å²) >= 11 is 0. The molecule has 2 rings (SSSR count). The molecule has 0 radical (unpaired) electrons. The van der Waals surface area contributed by atoms with Crippen LogP contribution in [0.2, 0.25) is 0 Å². The van der Waals surface area contributed by atoms with E-state index >= 15 is 0 Å². The number of carbonyl (C=O) groups is 1. The smallest absolute Gasteiger partial charge is 0.240 e. The van der Waals surface area contributed by atoms with E-state index in [0.717, 1.165) is 12.8 Å². The third kappa shape index (κ3) is 4.41. The number of nitrogens with one attached hydrogen (secondary N) is 1. The number of carbonyl (C=O) groups excluding carboxylic acids is 1. The number of benzene rings is 1. The highest BCUT2D eigenvalue weighted by Gasteiger charge is 2.36. The number of hydrogen-bond donors (Lipinski definition) is 3. The van der Waals surface area contributed by atoms with Gasteiger partial charge >= 0.3 is 0 Å². The van der Waals surface area contributed by atoms with Crippen LogP contribution in [-0.4, -0.2) is 35.8 Å². The largest absolute Gasteiger partial charge is 0.491 e. The summed E-state index contributed by atoms with van der Waals surface area (Å²) in [6, 6.07) is 5.52. The highest BCUT2D eigenvalue weighted by Crippen LogP contribution is 2.27. The number of aliphatic hydroxyl groups excluding tert-OH is 1. The zero-order valence-corrected chi connectivity index (χ0v) is 11.8. The van der Waals surface area contributed by atoms with E-state index in [1.54, 1.807) is 0 Å². The Morgan fingerprint density at radius 3 is 2.62 bits per heavy atom. The van der Waals surface area contributed by atoms with Crippen molar-refractivity contribution in [3.8, 4) is 5.75 Å². The number of ether oxygens (including phenoxy) is 1. The number of rotatable bonds is 6. The second kappa shape index (κ2) is 6.87. The number of hydrogen-bond acceptors (Lipinski definition) is 4. The molecule has 0 aliphatic heterocycles. The Morgan fingerprint density at radius 1 is 1.38 bits per heavy atom. The fourth-order valence-corrected chi connectivity index (χ4v) is 2.40. The molecule has 1 aliphatic rings. The lowest BCUT2D eigenvalue weighted by Gasteiger charge is -2.23. The van der Waals surface area contributed by atoms with Crippen LogP contribution >= 0.6 is 0 Å². The topological polar surface area (TPSA) is 84.6 Å². The summed E-state index contributed by atoms with van der Waals surface area (Å²) in [5.74, 6) is -0.103. The Labute approximate surface area is 123 Å². The van der Waals surface area contributed by atoms with Gasteiger partial charge in [0.2, 0.25) is 5.91 Å². The first-order chi connectivity index (χ1) is 9.99. The van der Waals surface area contributed by atoms with Crippen molar-refractivity contribution in [1.29, 1.82) is 0 Å². The van der Waals surface area contributed by atoms with Crippen molar-refractivity contribution in [3.63, 3.8) is 0 Å². The Balaban J connectivity index is 1.71. The normalized spacial score (nSPS) is 18.2. The van der Waals surface area contributed by atoms with Gasteiger partial charge in [-0.2, -0.15) is 0 Å². The van der Waals surface area contributed by atoms with E-state index in [-0.39, 0.29) is 24.9 Å². The Morgan fingerprint density at radius 2 is 2.00 bits per heavy atom. The zero-order chi connectivity index (χ0) is 15.3. The second-order valence-electron chi connectivity index (χ2n) is 5.49. The van der Waals surface area contributed by atoms with Crippen LogP contribution in [0.25, 0.3) is 0 Å². The summed E-state index contributed by atoms with van der Waals surface area (Å²) in [4.78, 5) is 12.0. The van der Waals surface area contributed by atoms with E-state index in [0.29, 0.717) is 18.6 Å². The maximum atomic E-state index is 12.7.